The van der Waals surface area contributed by atoms with Crippen LogP contribution in [-0.4, -0.2) is 12.2 Å². The maximum Gasteiger partial charge on any atom is 0.220 e. The van der Waals surface area contributed by atoms with Gasteiger partial charge in [0.05, 0.1) is 0 Å². The number of primary amides is 1. The highest BCUT2D eigenvalue weighted by atomic mass is 16.1. The first kappa shape index (κ1) is 15.1. The zero-order valence-corrected chi connectivity index (χ0v) is 11.1. The highest BCUT2D eigenvalue weighted by Gasteiger charge is 2.29. The molecule has 0 aliphatic heterocycles. The largest absolute Gasteiger partial charge is 0.369 e. The van der Waals surface area contributed by atoms with Gasteiger partial charge in [0.25, 0.3) is 0 Å². The number of aldehydes is 1. The predicted octanol–water partition coefficient (Wildman–Crippen LogP) is 2.39. The van der Waals surface area contributed by atoms with Gasteiger partial charge in [-0.2, -0.15) is 0 Å². The van der Waals surface area contributed by atoms with Crippen LogP contribution in [0.2, 0.25) is 0 Å². The molecule has 2 unspecified atom stereocenters. The van der Waals surface area contributed by atoms with Crippen molar-refractivity contribution >= 4 is 12.2 Å². The van der Waals surface area contributed by atoms with E-state index >= 15 is 0 Å². The van der Waals surface area contributed by atoms with Crippen LogP contribution in [0.15, 0.2) is 0 Å². The quantitative estimate of drug-likeness (QED) is 0.679. The highest BCUT2D eigenvalue weighted by molar-refractivity contribution is 5.76. The van der Waals surface area contributed by atoms with Crippen molar-refractivity contribution in [2.24, 2.45) is 28.9 Å². The maximum atomic E-state index is 11.3. The summed E-state index contributed by atoms with van der Waals surface area (Å²) in [6, 6.07) is 0. The minimum Gasteiger partial charge on any atom is -0.369 e. The number of amides is 1. The summed E-state index contributed by atoms with van der Waals surface area (Å²) in [6.45, 7) is 10.1. The van der Waals surface area contributed by atoms with E-state index in [0.29, 0.717) is 0 Å². The zero-order valence-electron chi connectivity index (χ0n) is 11.1. The maximum absolute atomic E-state index is 11.3. The van der Waals surface area contributed by atoms with Crippen LogP contribution in [0, 0.1) is 23.2 Å². The van der Waals surface area contributed by atoms with Crippen molar-refractivity contribution in [2.75, 3.05) is 0 Å². The molecular formula is C13H25NO2. The molecule has 0 saturated heterocycles. The lowest BCUT2D eigenvalue weighted by Crippen LogP contribution is -2.32. The van der Waals surface area contributed by atoms with Gasteiger partial charge < -0.3 is 10.5 Å². The van der Waals surface area contributed by atoms with Gasteiger partial charge in [-0.25, -0.2) is 0 Å². The molecule has 3 heteroatoms. The van der Waals surface area contributed by atoms with Gasteiger partial charge in [-0.1, -0.05) is 34.6 Å². The molecule has 2 N–H and O–H groups in total. The lowest BCUT2D eigenvalue weighted by atomic mass is 9.74. The fraction of sp³-hybridized carbons (Fsp3) is 0.846. The van der Waals surface area contributed by atoms with Crippen molar-refractivity contribution in [3.05, 3.63) is 0 Å². The molecule has 94 valence electrons. The third-order valence-electron chi connectivity index (χ3n) is 3.05. The molecule has 0 radical (unpaired) electrons. The molecular weight excluding hydrogens is 202 g/mol. The molecule has 0 aromatic carbocycles. The van der Waals surface area contributed by atoms with Crippen LogP contribution in [0.25, 0.3) is 0 Å². The molecule has 2 atom stereocenters. The van der Waals surface area contributed by atoms with Gasteiger partial charge in [0.1, 0.15) is 6.29 Å². The normalized spacial score (nSPS) is 15.9. The lowest BCUT2D eigenvalue weighted by molar-refractivity contribution is -0.124. The third-order valence-corrected chi connectivity index (χ3v) is 3.05. The van der Waals surface area contributed by atoms with E-state index < -0.39 is 0 Å². The predicted molar refractivity (Wildman–Crippen MR) is 65.8 cm³/mol. The summed E-state index contributed by atoms with van der Waals surface area (Å²) >= 11 is 0. The first-order valence-electron chi connectivity index (χ1n) is 5.94. The molecule has 0 aliphatic carbocycles. The van der Waals surface area contributed by atoms with Crippen LogP contribution < -0.4 is 5.73 Å². The summed E-state index contributed by atoms with van der Waals surface area (Å²) < 4.78 is 0. The SMILES string of the molecule is CC(C=O)CC(C)(C)CC(C(N)=O)C(C)C. The zero-order chi connectivity index (χ0) is 12.9. The van der Waals surface area contributed by atoms with Crippen molar-refractivity contribution in [2.45, 2.75) is 47.5 Å². The Kier molecular flexibility index (Phi) is 5.70. The van der Waals surface area contributed by atoms with Crippen LogP contribution in [-0.2, 0) is 9.59 Å². The number of hydrogen-bond donors (Lipinski definition) is 1. The van der Waals surface area contributed by atoms with Crippen LogP contribution in [0.5, 0.6) is 0 Å². The van der Waals surface area contributed by atoms with Crippen molar-refractivity contribution in [1.29, 1.82) is 0 Å². The molecule has 0 spiro atoms. The molecule has 0 aromatic rings. The van der Waals surface area contributed by atoms with E-state index in [1.807, 2.05) is 20.8 Å². The van der Waals surface area contributed by atoms with Crippen LogP contribution in [0.1, 0.15) is 47.5 Å². The van der Waals surface area contributed by atoms with Gasteiger partial charge in [-0.05, 0) is 24.2 Å². The molecule has 0 aliphatic rings. The first-order chi connectivity index (χ1) is 7.19. The van der Waals surface area contributed by atoms with E-state index in [4.69, 9.17) is 5.73 Å². The van der Waals surface area contributed by atoms with Crippen molar-refractivity contribution in [1.82, 2.24) is 0 Å². The van der Waals surface area contributed by atoms with E-state index in [-0.39, 0.29) is 29.1 Å². The minimum absolute atomic E-state index is 0.0235. The van der Waals surface area contributed by atoms with Gasteiger partial charge in [0.15, 0.2) is 0 Å². The van der Waals surface area contributed by atoms with Crippen LogP contribution >= 0.6 is 0 Å². The van der Waals surface area contributed by atoms with Crippen molar-refractivity contribution in [3.63, 3.8) is 0 Å². The van der Waals surface area contributed by atoms with E-state index in [1.54, 1.807) is 0 Å². The van der Waals surface area contributed by atoms with E-state index in [2.05, 4.69) is 13.8 Å². The van der Waals surface area contributed by atoms with E-state index in [0.717, 1.165) is 19.1 Å². The van der Waals surface area contributed by atoms with Crippen LogP contribution in [0.3, 0.4) is 0 Å². The number of hydrogen-bond acceptors (Lipinski definition) is 2. The van der Waals surface area contributed by atoms with Crippen LogP contribution in [0.4, 0.5) is 0 Å². The lowest BCUT2D eigenvalue weighted by Gasteiger charge is -2.31. The molecule has 16 heavy (non-hydrogen) atoms. The minimum atomic E-state index is -0.234. The third kappa shape index (κ3) is 5.29. The number of carbonyl (C=O) groups excluding carboxylic acids is 2. The second-order valence-electron chi connectivity index (χ2n) is 5.94. The average Bonchev–Trinajstić information content (AvgIpc) is 2.12. The van der Waals surface area contributed by atoms with Gasteiger partial charge in [0.2, 0.25) is 5.91 Å². The summed E-state index contributed by atoms with van der Waals surface area (Å²) in [5.41, 5.74) is 5.38. The smallest absolute Gasteiger partial charge is 0.220 e. The first-order valence-corrected chi connectivity index (χ1v) is 5.94. The van der Waals surface area contributed by atoms with E-state index in [9.17, 15) is 9.59 Å². The molecule has 0 saturated carbocycles. The van der Waals surface area contributed by atoms with Gasteiger partial charge >= 0.3 is 0 Å². The Morgan fingerprint density at radius 3 is 2.06 bits per heavy atom. The Bertz CT molecular complexity index is 246. The molecule has 0 fully saturated rings. The summed E-state index contributed by atoms with van der Waals surface area (Å²) in [6.07, 6.45) is 2.52. The fourth-order valence-corrected chi connectivity index (χ4v) is 2.26. The molecule has 0 heterocycles. The Hall–Kier alpha value is -0.860. The molecule has 3 nitrogen and oxygen atoms in total. The van der Waals surface area contributed by atoms with Gasteiger partial charge in [-0.3, -0.25) is 4.79 Å². The molecule has 0 aromatic heterocycles. The summed E-state index contributed by atoms with van der Waals surface area (Å²) in [5, 5.41) is 0. The monoisotopic (exact) mass is 227 g/mol. The number of carbonyl (C=O) groups is 2. The summed E-state index contributed by atoms with van der Waals surface area (Å²) in [7, 11) is 0. The number of nitrogens with two attached hydrogens (primary N) is 1. The van der Waals surface area contributed by atoms with Gasteiger partial charge in [-0.15, -0.1) is 0 Å². The topological polar surface area (TPSA) is 60.2 Å². The number of rotatable bonds is 7. The highest BCUT2D eigenvalue weighted by Crippen LogP contribution is 2.34. The second-order valence-corrected chi connectivity index (χ2v) is 5.94. The Morgan fingerprint density at radius 1 is 1.25 bits per heavy atom. The summed E-state index contributed by atoms with van der Waals surface area (Å²) in [4.78, 5) is 22.0. The standard InChI is InChI=1S/C13H25NO2/c1-9(2)11(12(14)16)7-13(4,5)6-10(3)8-15/h8-11H,6-7H2,1-5H3,(H2,14,16). The van der Waals surface area contributed by atoms with Crippen molar-refractivity contribution < 1.29 is 9.59 Å². The van der Waals surface area contributed by atoms with Crippen molar-refractivity contribution in [3.8, 4) is 0 Å². The molecule has 0 bridgehead atoms. The molecule has 1 amide bonds. The average molecular weight is 227 g/mol. The molecule has 0 rings (SSSR count). The Morgan fingerprint density at radius 2 is 1.75 bits per heavy atom. The second kappa shape index (κ2) is 6.02. The fourth-order valence-electron chi connectivity index (χ4n) is 2.26. The summed E-state index contributed by atoms with van der Waals surface area (Å²) in [5.74, 6) is -0.0466. The van der Waals surface area contributed by atoms with E-state index in [1.165, 1.54) is 0 Å². The Labute approximate surface area is 98.8 Å². The van der Waals surface area contributed by atoms with Gasteiger partial charge in [0, 0.05) is 11.8 Å². The Balaban J connectivity index is 4.52.